The van der Waals surface area contributed by atoms with Gasteiger partial charge in [0.1, 0.15) is 12.1 Å². The lowest BCUT2D eigenvalue weighted by Crippen LogP contribution is -2.44. The Labute approximate surface area is 158 Å². The zero-order chi connectivity index (χ0) is 21.2. The van der Waals surface area contributed by atoms with E-state index in [2.05, 4.69) is 5.32 Å². The number of esters is 1. The second-order valence-corrected chi connectivity index (χ2v) is 6.35. The smallest absolute Gasteiger partial charge is 0.327 e. The fraction of sp³-hybridized carbons (Fsp3) is 0.412. The first-order valence-corrected chi connectivity index (χ1v) is 8.28. The van der Waals surface area contributed by atoms with Crippen molar-refractivity contribution in [2.45, 2.75) is 38.8 Å². The van der Waals surface area contributed by atoms with E-state index in [1.54, 1.807) is 6.92 Å². The lowest BCUT2D eigenvalue weighted by Gasteiger charge is -2.19. The molecule has 2 N–H and O–H groups in total. The van der Waals surface area contributed by atoms with Crippen LogP contribution < -0.4 is 10.6 Å². The van der Waals surface area contributed by atoms with E-state index in [4.69, 9.17) is 4.74 Å². The Morgan fingerprint density at radius 1 is 1.25 bits per heavy atom. The highest BCUT2D eigenvalue weighted by Crippen LogP contribution is 2.21. The molecule has 0 aliphatic carbocycles. The van der Waals surface area contributed by atoms with Gasteiger partial charge < -0.3 is 15.4 Å². The van der Waals surface area contributed by atoms with Crippen LogP contribution in [0.2, 0.25) is 0 Å². The number of amides is 4. The van der Waals surface area contributed by atoms with Crippen LogP contribution in [-0.2, 0) is 19.1 Å². The molecule has 152 valence electrons. The third-order valence-electron chi connectivity index (χ3n) is 4.31. The molecule has 0 bridgehead atoms. The van der Waals surface area contributed by atoms with Crippen LogP contribution in [0.15, 0.2) is 12.1 Å². The number of rotatable bonds is 6. The van der Waals surface area contributed by atoms with Crippen molar-refractivity contribution in [3.05, 3.63) is 29.6 Å². The molecular formula is C17H18F3N3O5. The van der Waals surface area contributed by atoms with Gasteiger partial charge in [-0.05, 0) is 32.4 Å². The van der Waals surface area contributed by atoms with Gasteiger partial charge in [0.15, 0.2) is 23.6 Å². The zero-order valence-electron chi connectivity index (χ0n) is 15.3. The summed E-state index contributed by atoms with van der Waals surface area (Å²) in [5, 5.41) is 4.41. The van der Waals surface area contributed by atoms with Gasteiger partial charge in [-0.15, -0.1) is 0 Å². The van der Waals surface area contributed by atoms with Crippen LogP contribution in [0.3, 0.4) is 0 Å². The fourth-order valence-electron chi connectivity index (χ4n) is 2.40. The summed E-state index contributed by atoms with van der Waals surface area (Å²) in [5.41, 5.74) is -1.77. The second-order valence-electron chi connectivity index (χ2n) is 6.35. The number of nitrogens with one attached hydrogen (secondary N) is 2. The Bertz CT molecular complexity index is 848. The summed E-state index contributed by atoms with van der Waals surface area (Å²) in [5.74, 6) is -7.49. The highest BCUT2D eigenvalue weighted by molar-refractivity contribution is 6.08. The predicted octanol–water partition coefficient (Wildman–Crippen LogP) is 1.69. The van der Waals surface area contributed by atoms with E-state index in [0.717, 1.165) is 13.0 Å². The molecule has 11 heteroatoms. The number of carbonyl (C=O) groups excluding carboxylic acids is 4. The number of ether oxygens (including phenoxy) is 1. The molecular weight excluding hydrogens is 383 g/mol. The Balaban J connectivity index is 1.97. The van der Waals surface area contributed by atoms with E-state index in [1.807, 2.05) is 5.32 Å². The maximum Gasteiger partial charge on any atom is 0.327 e. The van der Waals surface area contributed by atoms with Crippen molar-refractivity contribution < 1.29 is 37.1 Å². The lowest BCUT2D eigenvalue weighted by molar-refractivity contribution is -0.155. The van der Waals surface area contributed by atoms with Crippen molar-refractivity contribution >= 4 is 29.5 Å². The minimum Gasteiger partial charge on any atom is -0.451 e. The quantitative estimate of drug-likeness (QED) is 0.429. The van der Waals surface area contributed by atoms with E-state index >= 15 is 0 Å². The average molecular weight is 401 g/mol. The van der Waals surface area contributed by atoms with Gasteiger partial charge in [-0.2, -0.15) is 0 Å². The maximum absolute atomic E-state index is 13.6. The minimum atomic E-state index is -1.76. The summed E-state index contributed by atoms with van der Waals surface area (Å²) in [4.78, 5) is 48.7. The number of anilines is 1. The number of carbonyl (C=O) groups is 4. The van der Waals surface area contributed by atoms with Crippen molar-refractivity contribution in [2.24, 2.45) is 0 Å². The summed E-state index contributed by atoms with van der Waals surface area (Å²) in [6, 6.07) is 0.652. The Morgan fingerprint density at radius 2 is 1.89 bits per heavy atom. The summed E-state index contributed by atoms with van der Waals surface area (Å²) in [6.07, 6.45) is -1.15. The number of urea groups is 1. The van der Waals surface area contributed by atoms with E-state index in [0.29, 0.717) is 17.4 Å². The van der Waals surface area contributed by atoms with Crippen LogP contribution in [0, 0.1) is 17.5 Å². The van der Waals surface area contributed by atoms with E-state index in [1.165, 1.54) is 6.92 Å². The zero-order valence-corrected chi connectivity index (χ0v) is 15.3. The van der Waals surface area contributed by atoms with Gasteiger partial charge >= 0.3 is 12.0 Å². The molecule has 1 aromatic carbocycles. The van der Waals surface area contributed by atoms with Gasteiger partial charge in [0, 0.05) is 0 Å². The van der Waals surface area contributed by atoms with Crippen LogP contribution in [0.1, 0.15) is 27.2 Å². The molecule has 1 heterocycles. The van der Waals surface area contributed by atoms with Crippen molar-refractivity contribution in [2.75, 3.05) is 11.9 Å². The first-order valence-electron chi connectivity index (χ1n) is 8.28. The van der Waals surface area contributed by atoms with Gasteiger partial charge in [0.05, 0.1) is 5.69 Å². The summed E-state index contributed by atoms with van der Waals surface area (Å²) in [6.45, 7) is 3.61. The minimum absolute atomic E-state index is 0.307. The Morgan fingerprint density at radius 3 is 2.46 bits per heavy atom. The molecule has 0 radical (unpaired) electrons. The molecule has 0 unspecified atom stereocenters. The molecule has 2 rings (SSSR count). The molecule has 1 saturated heterocycles. The molecule has 1 aliphatic rings. The Hall–Kier alpha value is -3.11. The molecule has 1 aliphatic heterocycles. The first-order chi connectivity index (χ1) is 13.0. The third-order valence-corrected chi connectivity index (χ3v) is 4.31. The molecule has 0 saturated carbocycles. The van der Waals surface area contributed by atoms with Crippen LogP contribution >= 0.6 is 0 Å². The molecule has 1 fully saturated rings. The summed E-state index contributed by atoms with van der Waals surface area (Å²) in [7, 11) is 0. The van der Waals surface area contributed by atoms with E-state index in [9.17, 15) is 32.3 Å². The molecule has 1 aromatic rings. The predicted molar refractivity (Wildman–Crippen MR) is 89.4 cm³/mol. The van der Waals surface area contributed by atoms with E-state index < -0.39 is 65.1 Å². The molecule has 4 amide bonds. The lowest BCUT2D eigenvalue weighted by atomic mass is 9.99. The van der Waals surface area contributed by atoms with Gasteiger partial charge in [-0.25, -0.2) is 18.0 Å². The number of hydrogen-bond donors (Lipinski definition) is 2. The highest BCUT2D eigenvalue weighted by atomic mass is 19.2. The van der Waals surface area contributed by atoms with Crippen molar-refractivity contribution in [1.29, 1.82) is 0 Å². The summed E-state index contributed by atoms with van der Waals surface area (Å²) < 4.78 is 44.5. The van der Waals surface area contributed by atoms with Gasteiger partial charge in [-0.3, -0.25) is 19.3 Å². The van der Waals surface area contributed by atoms with E-state index in [-0.39, 0.29) is 0 Å². The van der Waals surface area contributed by atoms with Crippen LogP contribution in [-0.4, -0.2) is 46.9 Å². The van der Waals surface area contributed by atoms with Crippen LogP contribution in [0.4, 0.5) is 23.7 Å². The number of nitrogens with zero attached hydrogens (tertiary/aromatic N) is 1. The number of benzene rings is 1. The number of halogens is 3. The maximum atomic E-state index is 13.6. The van der Waals surface area contributed by atoms with Gasteiger partial charge in [0.25, 0.3) is 11.8 Å². The largest absolute Gasteiger partial charge is 0.451 e. The fourth-order valence-corrected chi connectivity index (χ4v) is 2.40. The molecule has 0 spiro atoms. The van der Waals surface area contributed by atoms with Crippen LogP contribution in [0.5, 0.6) is 0 Å². The number of hydrogen-bond acceptors (Lipinski definition) is 5. The molecule has 8 nitrogen and oxygen atoms in total. The monoisotopic (exact) mass is 401 g/mol. The third kappa shape index (κ3) is 4.07. The summed E-state index contributed by atoms with van der Waals surface area (Å²) >= 11 is 0. The standard InChI is InChI=1S/C17H18F3N3O5/c1-4-17(3)15(26)23(16(27)22-17)7-11(24)28-8(2)14(25)21-10-6-5-9(18)12(19)13(10)20/h5-6,8H,4,7H2,1-3H3,(H,21,25)(H,22,27)/t8-,17-/m1/s1. The van der Waals surface area contributed by atoms with Gasteiger partial charge in [0.2, 0.25) is 0 Å². The first kappa shape index (κ1) is 21.2. The second kappa shape index (κ2) is 7.87. The van der Waals surface area contributed by atoms with Crippen molar-refractivity contribution in [3.8, 4) is 0 Å². The number of imide groups is 1. The topological polar surface area (TPSA) is 105 Å². The van der Waals surface area contributed by atoms with Gasteiger partial charge in [-0.1, -0.05) is 6.92 Å². The highest BCUT2D eigenvalue weighted by Gasteiger charge is 2.47. The van der Waals surface area contributed by atoms with Crippen LogP contribution in [0.25, 0.3) is 0 Å². The Kier molecular flexibility index (Phi) is 5.95. The van der Waals surface area contributed by atoms with Crippen molar-refractivity contribution in [1.82, 2.24) is 10.2 Å². The normalized spacial score (nSPS) is 20.0. The molecule has 0 aromatic heterocycles. The average Bonchev–Trinajstić information content (AvgIpc) is 2.85. The molecule has 2 atom stereocenters. The van der Waals surface area contributed by atoms with Crippen molar-refractivity contribution in [3.63, 3.8) is 0 Å². The SMILES string of the molecule is CC[C@@]1(C)NC(=O)N(CC(=O)O[C@H](C)C(=O)Nc2ccc(F)c(F)c2F)C1=O. The molecule has 28 heavy (non-hydrogen) atoms.